The molecular formula is C15H16Cl2N2O4. The highest BCUT2D eigenvalue weighted by atomic mass is 35.5. The Kier molecular flexibility index (Phi) is 4.87. The first-order valence-corrected chi connectivity index (χ1v) is 7.62. The molecule has 1 aliphatic carbocycles. The monoisotopic (exact) mass is 358 g/mol. The Morgan fingerprint density at radius 1 is 1.30 bits per heavy atom. The lowest BCUT2D eigenvalue weighted by Crippen LogP contribution is -2.27. The number of hydrogen-bond acceptors (Lipinski definition) is 4. The van der Waals surface area contributed by atoms with Crippen LogP contribution in [0.5, 0.6) is 0 Å². The summed E-state index contributed by atoms with van der Waals surface area (Å²) in [5.74, 6) is -1.40. The van der Waals surface area contributed by atoms with E-state index in [2.05, 4.69) is 10.6 Å². The van der Waals surface area contributed by atoms with Gasteiger partial charge in [0.2, 0.25) is 0 Å². The number of hydrogen-bond donors (Lipinski definition) is 2. The minimum atomic E-state index is -1.14. The van der Waals surface area contributed by atoms with Gasteiger partial charge in [0.1, 0.15) is 9.75 Å². The second-order valence-corrected chi connectivity index (χ2v) is 6.98. The van der Waals surface area contributed by atoms with Gasteiger partial charge in [-0.1, -0.05) is 6.07 Å². The highest BCUT2D eigenvalue weighted by Crippen LogP contribution is 2.64. The molecule has 0 bridgehead atoms. The van der Waals surface area contributed by atoms with Crippen LogP contribution in [0.15, 0.2) is 24.3 Å². The van der Waals surface area contributed by atoms with E-state index in [0.29, 0.717) is 11.3 Å². The normalized spacial score (nSPS) is 21.2. The fourth-order valence-electron chi connectivity index (χ4n) is 1.99. The summed E-state index contributed by atoms with van der Waals surface area (Å²) in [6.45, 7) is 1.13. The van der Waals surface area contributed by atoms with Gasteiger partial charge >= 0.3 is 5.97 Å². The van der Waals surface area contributed by atoms with Gasteiger partial charge in [0.25, 0.3) is 11.8 Å². The molecule has 124 valence electrons. The number of rotatable bonds is 5. The first-order valence-electron chi connectivity index (χ1n) is 6.87. The molecule has 1 atom stereocenters. The van der Waals surface area contributed by atoms with E-state index in [0.717, 1.165) is 0 Å². The maximum Gasteiger partial charge on any atom is 0.315 e. The standard InChI is InChI=1S/C15H16Cl2N2O4/c1-14(8-15(14,16)17)13(22)23-7-11(20)19-10-5-3-4-9(6-10)12(21)18-2/h3-6H,7-8H2,1-2H3,(H,18,21)(H,19,20)/t14-/m0/s1. The molecule has 0 aromatic heterocycles. The van der Waals surface area contributed by atoms with Crippen molar-refractivity contribution in [2.75, 3.05) is 19.0 Å². The quantitative estimate of drug-likeness (QED) is 0.623. The molecular weight excluding hydrogens is 343 g/mol. The van der Waals surface area contributed by atoms with Crippen LogP contribution in [0, 0.1) is 5.41 Å². The number of alkyl halides is 2. The summed E-state index contributed by atoms with van der Waals surface area (Å²) >= 11 is 11.8. The highest BCUT2D eigenvalue weighted by molar-refractivity contribution is 6.53. The van der Waals surface area contributed by atoms with Crippen molar-refractivity contribution < 1.29 is 19.1 Å². The van der Waals surface area contributed by atoms with Crippen LogP contribution in [0.1, 0.15) is 23.7 Å². The van der Waals surface area contributed by atoms with Crippen LogP contribution in [0.4, 0.5) is 5.69 Å². The molecule has 1 aromatic rings. The summed E-state index contributed by atoms with van der Waals surface area (Å²) < 4.78 is 3.80. The second-order valence-electron chi connectivity index (χ2n) is 5.50. The number of anilines is 1. The SMILES string of the molecule is CNC(=O)c1cccc(NC(=O)COC(=O)[C@]2(C)CC2(Cl)Cl)c1. The first kappa shape index (κ1) is 17.6. The fraction of sp³-hybridized carbons (Fsp3) is 0.400. The van der Waals surface area contributed by atoms with E-state index in [4.69, 9.17) is 27.9 Å². The molecule has 1 fully saturated rings. The fourth-order valence-corrected chi connectivity index (χ4v) is 2.68. The molecule has 0 aliphatic heterocycles. The van der Waals surface area contributed by atoms with E-state index in [1.165, 1.54) is 13.1 Å². The summed E-state index contributed by atoms with van der Waals surface area (Å²) in [5.41, 5.74) is -0.147. The zero-order valence-corrected chi connectivity index (χ0v) is 14.1. The van der Waals surface area contributed by atoms with Gasteiger partial charge in [-0.3, -0.25) is 14.4 Å². The topological polar surface area (TPSA) is 84.5 Å². The van der Waals surface area contributed by atoms with E-state index < -0.39 is 28.2 Å². The van der Waals surface area contributed by atoms with Gasteiger partial charge < -0.3 is 15.4 Å². The van der Waals surface area contributed by atoms with Crippen LogP contribution < -0.4 is 10.6 Å². The largest absolute Gasteiger partial charge is 0.455 e. The smallest absolute Gasteiger partial charge is 0.315 e. The molecule has 1 aliphatic rings. The van der Waals surface area contributed by atoms with E-state index >= 15 is 0 Å². The highest BCUT2D eigenvalue weighted by Gasteiger charge is 2.69. The zero-order valence-electron chi connectivity index (χ0n) is 12.6. The summed E-state index contributed by atoms with van der Waals surface area (Å²) in [6.07, 6.45) is 0.289. The van der Waals surface area contributed by atoms with E-state index in [1.54, 1.807) is 25.1 Å². The average molecular weight is 359 g/mol. The van der Waals surface area contributed by atoms with Gasteiger partial charge in [0.15, 0.2) is 6.61 Å². The Balaban J connectivity index is 1.88. The van der Waals surface area contributed by atoms with Gasteiger partial charge in [-0.15, -0.1) is 23.2 Å². The van der Waals surface area contributed by atoms with Gasteiger partial charge in [-0.25, -0.2) is 0 Å². The number of nitrogens with one attached hydrogen (secondary N) is 2. The van der Waals surface area contributed by atoms with Crippen molar-refractivity contribution in [2.24, 2.45) is 5.41 Å². The van der Waals surface area contributed by atoms with E-state index in [9.17, 15) is 14.4 Å². The van der Waals surface area contributed by atoms with E-state index in [-0.39, 0.29) is 12.3 Å². The molecule has 2 N–H and O–H groups in total. The lowest BCUT2D eigenvalue weighted by molar-refractivity contribution is -0.152. The van der Waals surface area contributed by atoms with Crippen molar-refractivity contribution in [3.63, 3.8) is 0 Å². The number of ether oxygens (including phenoxy) is 1. The van der Waals surface area contributed by atoms with Crippen LogP contribution in [0.25, 0.3) is 0 Å². The third-order valence-electron chi connectivity index (χ3n) is 3.68. The van der Waals surface area contributed by atoms with Crippen LogP contribution in [0.3, 0.4) is 0 Å². The Hall–Kier alpha value is -1.79. The van der Waals surface area contributed by atoms with Gasteiger partial charge in [0.05, 0.1) is 0 Å². The van der Waals surface area contributed by atoms with Gasteiger partial charge in [0, 0.05) is 24.7 Å². The maximum atomic E-state index is 11.9. The summed E-state index contributed by atoms with van der Waals surface area (Å²) in [4.78, 5) is 35.2. The molecule has 0 unspecified atom stereocenters. The number of carbonyl (C=O) groups excluding carboxylic acids is 3. The lowest BCUT2D eigenvalue weighted by Gasteiger charge is -2.12. The lowest BCUT2D eigenvalue weighted by atomic mass is 10.1. The van der Waals surface area contributed by atoms with E-state index in [1.807, 2.05) is 0 Å². The third-order valence-corrected chi connectivity index (χ3v) is 4.78. The molecule has 0 heterocycles. The molecule has 1 aromatic carbocycles. The van der Waals surface area contributed by atoms with Crippen molar-refractivity contribution in [1.29, 1.82) is 0 Å². The first-order chi connectivity index (χ1) is 10.7. The molecule has 6 nitrogen and oxygen atoms in total. The van der Waals surface area contributed by atoms with Crippen LogP contribution in [0.2, 0.25) is 0 Å². The predicted molar refractivity (Wildman–Crippen MR) is 86.6 cm³/mol. The molecule has 0 radical (unpaired) electrons. The molecule has 8 heteroatoms. The number of benzene rings is 1. The predicted octanol–water partition coefficient (Wildman–Crippen LogP) is 2.11. The van der Waals surface area contributed by atoms with Crippen molar-refractivity contribution in [3.8, 4) is 0 Å². The molecule has 0 saturated heterocycles. The van der Waals surface area contributed by atoms with Crippen LogP contribution >= 0.6 is 23.2 Å². The summed E-state index contributed by atoms with van der Waals surface area (Å²) in [5, 5.41) is 5.03. The van der Waals surface area contributed by atoms with Gasteiger partial charge in [-0.2, -0.15) is 0 Å². The van der Waals surface area contributed by atoms with Crippen molar-refractivity contribution in [2.45, 2.75) is 17.7 Å². The van der Waals surface area contributed by atoms with Crippen LogP contribution in [-0.2, 0) is 14.3 Å². The van der Waals surface area contributed by atoms with Crippen molar-refractivity contribution >= 4 is 46.7 Å². The average Bonchev–Trinajstić information content (AvgIpc) is 3.04. The number of halogens is 2. The minimum Gasteiger partial charge on any atom is -0.455 e. The van der Waals surface area contributed by atoms with Crippen molar-refractivity contribution in [1.82, 2.24) is 5.32 Å². The molecule has 23 heavy (non-hydrogen) atoms. The summed E-state index contributed by atoms with van der Waals surface area (Å²) in [6, 6.07) is 6.38. The Morgan fingerprint density at radius 2 is 1.96 bits per heavy atom. The zero-order chi connectivity index (χ0) is 17.3. The van der Waals surface area contributed by atoms with Crippen LogP contribution in [-0.4, -0.2) is 35.8 Å². The molecule has 1 saturated carbocycles. The maximum absolute atomic E-state index is 11.9. The summed E-state index contributed by atoms with van der Waals surface area (Å²) in [7, 11) is 1.51. The number of amides is 2. The number of carbonyl (C=O) groups is 3. The molecule has 2 rings (SSSR count). The third kappa shape index (κ3) is 3.76. The Bertz CT molecular complexity index is 663. The number of esters is 1. The van der Waals surface area contributed by atoms with Crippen molar-refractivity contribution in [3.05, 3.63) is 29.8 Å². The Morgan fingerprint density at radius 3 is 2.52 bits per heavy atom. The minimum absolute atomic E-state index is 0.269. The molecule has 0 spiro atoms. The van der Waals surface area contributed by atoms with Gasteiger partial charge in [-0.05, 0) is 25.1 Å². The molecule has 2 amide bonds. The Labute approximate surface area is 143 Å². The second kappa shape index (κ2) is 6.37.